The van der Waals surface area contributed by atoms with Gasteiger partial charge in [-0.25, -0.2) is 0 Å². The van der Waals surface area contributed by atoms with Gasteiger partial charge in [-0.2, -0.15) is 10.2 Å². The van der Waals surface area contributed by atoms with Gasteiger partial charge in [-0.3, -0.25) is 5.10 Å². The third kappa shape index (κ3) is 2.20. The predicted molar refractivity (Wildman–Crippen MR) is 86.6 cm³/mol. The molecule has 5 nitrogen and oxygen atoms in total. The molecule has 1 aliphatic rings. The standard InChI is InChI=1S/C17H17N5/c1-11-4-6-12(7-5-11)13-10-19-22-17(13)16-9-15(20-21-16)14-3-2-8-18-14/h2-8,10,15,18,20H,9H2,1H3,(H,19,22). The Morgan fingerprint density at radius 2 is 2.00 bits per heavy atom. The first kappa shape index (κ1) is 12.9. The number of nitrogens with one attached hydrogen (secondary N) is 3. The van der Waals surface area contributed by atoms with Crippen molar-refractivity contribution >= 4 is 5.71 Å². The first-order valence-corrected chi connectivity index (χ1v) is 7.37. The smallest absolute Gasteiger partial charge is 0.0894 e. The molecule has 0 saturated carbocycles. The lowest BCUT2D eigenvalue weighted by Gasteiger charge is -2.07. The van der Waals surface area contributed by atoms with Gasteiger partial charge in [0, 0.05) is 23.9 Å². The normalized spacial score (nSPS) is 17.3. The molecule has 3 N–H and O–H groups in total. The quantitative estimate of drug-likeness (QED) is 0.694. The van der Waals surface area contributed by atoms with Gasteiger partial charge in [-0.15, -0.1) is 0 Å². The summed E-state index contributed by atoms with van der Waals surface area (Å²) in [7, 11) is 0. The van der Waals surface area contributed by atoms with Gasteiger partial charge in [0.05, 0.1) is 23.6 Å². The number of hydrogen-bond acceptors (Lipinski definition) is 3. The van der Waals surface area contributed by atoms with Gasteiger partial charge in [-0.1, -0.05) is 29.8 Å². The minimum absolute atomic E-state index is 0.194. The van der Waals surface area contributed by atoms with E-state index in [1.807, 2.05) is 18.5 Å². The maximum absolute atomic E-state index is 4.49. The van der Waals surface area contributed by atoms with Crippen LogP contribution in [0, 0.1) is 6.92 Å². The summed E-state index contributed by atoms with van der Waals surface area (Å²) in [6.07, 6.45) is 4.63. The van der Waals surface area contributed by atoms with Gasteiger partial charge >= 0.3 is 0 Å². The lowest BCUT2D eigenvalue weighted by molar-refractivity contribution is 0.606. The first-order chi connectivity index (χ1) is 10.8. The Balaban J connectivity index is 1.62. The van der Waals surface area contributed by atoms with Crippen LogP contribution in [0.4, 0.5) is 0 Å². The summed E-state index contributed by atoms with van der Waals surface area (Å²) in [5.74, 6) is 0. The number of aromatic amines is 2. The van der Waals surface area contributed by atoms with E-state index in [4.69, 9.17) is 0 Å². The maximum atomic E-state index is 4.49. The molecule has 4 rings (SSSR count). The van der Waals surface area contributed by atoms with Crippen molar-refractivity contribution in [2.45, 2.75) is 19.4 Å². The third-order valence-electron chi connectivity index (χ3n) is 4.04. The molecule has 1 atom stereocenters. The van der Waals surface area contributed by atoms with Crippen LogP contribution in [0.2, 0.25) is 0 Å². The van der Waals surface area contributed by atoms with E-state index >= 15 is 0 Å². The molecule has 0 amide bonds. The molecule has 22 heavy (non-hydrogen) atoms. The zero-order chi connectivity index (χ0) is 14.9. The summed E-state index contributed by atoms with van der Waals surface area (Å²) in [5, 5.41) is 11.8. The van der Waals surface area contributed by atoms with Crippen molar-refractivity contribution in [3.63, 3.8) is 0 Å². The molecule has 0 aliphatic carbocycles. The first-order valence-electron chi connectivity index (χ1n) is 7.37. The Bertz CT molecular complexity index is 796. The van der Waals surface area contributed by atoms with Crippen LogP contribution in [0.15, 0.2) is 53.9 Å². The number of nitrogens with zero attached hydrogens (tertiary/aromatic N) is 2. The van der Waals surface area contributed by atoms with Gasteiger partial charge in [-0.05, 0) is 24.6 Å². The number of benzene rings is 1. The molecule has 0 bridgehead atoms. The largest absolute Gasteiger partial charge is 0.363 e. The molecule has 3 heterocycles. The summed E-state index contributed by atoms with van der Waals surface area (Å²) in [6, 6.07) is 12.7. The maximum Gasteiger partial charge on any atom is 0.0894 e. The van der Waals surface area contributed by atoms with Crippen LogP contribution >= 0.6 is 0 Å². The lowest BCUT2D eigenvalue weighted by atomic mass is 10.00. The molecule has 0 fully saturated rings. The van der Waals surface area contributed by atoms with Crippen LogP contribution in [0.1, 0.15) is 29.4 Å². The van der Waals surface area contributed by atoms with Crippen LogP contribution in [-0.4, -0.2) is 20.9 Å². The van der Waals surface area contributed by atoms with Crippen LogP contribution in [-0.2, 0) is 0 Å². The zero-order valence-corrected chi connectivity index (χ0v) is 12.3. The number of hydrazone groups is 1. The minimum atomic E-state index is 0.194. The summed E-state index contributed by atoms with van der Waals surface area (Å²) in [5.41, 5.74) is 9.83. The number of rotatable bonds is 3. The number of hydrogen-bond donors (Lipinski definition) is 3. The van der Waals surface area contributed by atoms with Crippen LogP contribution < -0.4 is 5.43 Å². The molecule has 1 aliphatic heterocycles. The fourth-order valence-corrected chi connectivity index (χ4v) is 2.80. The van der Waals surface area contributed by atoms with E-state index in [-0.39, 0.29) is 6.04 Å². The van der Waals surface area contributed by atoms with E-state index < -0.39 is 0 Å². The predicted octanol–water partition coefficient (Wildman–Crippen LogP) is 3.15. The van der Waals surface area contributed by atoms with Crippen molar-refractivity contribution < 1.29 is 0 Å². The second-order valence-corrected chi connectivity index (χ2v) is 5.59. The van der Waals surface area contributed by atoms with Crippen molar-refractivity contribution in [3.05, 3.63) is 65.7 Å². The van der Waals surface area contributed by atoms with Crippen LogP contribution in [0.5, 0.6) is 0 Å². The highest BCUT2D eigenvalue weighted by Crippen LogP contribution is 2.28. The number of H-pyrrole nitrogens is 2. The monoisotopic (exact) mass is 291 g/mol. The molecule has 2 aromatic heterocycles. The van der Waals surface area contributed by atoms with Crippen molar-refractivity contribution in [1.29, 1.82) is 0 Å². The summed E-state index contributed by atoms with van der Waals surface area (Å²) >= 11 is 0. The fraction of sp³-hybridized carbons (Fsp3) is 0.176. The molecule has 110 valence electrons. The SMILES string of the molecule is Cc1ccc(-c2cn[nH]c2C2=NNC(c3ccc[nH]3)C2)cc1. The molecule has 0 spiro atoms. The molecule has 1 unspecified atom stereocenters. The van der Waals surface area contributed by atoms with Gasteiger partial charge in [0.1, 0.15) is 0 Å². The van der Waals surface area contributed by atoms with Gasteiger partial charge in [0.15, 0.2) is 0 Å². The average molecular weight is 291 g/mol. The Hall–Kier alpha value is -2.82. The second kappa shape index (κ2) is 5.18. The minimum Gasteiger partial charge on any atom is -0.363 e. The molecule has 0 saturated heterocycles. The molecule has 5 heteroatoms. The van der Waals surface area contributed by atoms with Crippen molar-refractivity contribution in [2.24, 2.45) is 5.10 Å². The van der Waals surface area contributed by atoms with Crippen molar-refractivity contribution in [1.82, 2.24) is 20.6 Å². The summed E-state index contributed by atoms with van der Waals surface area (Å²) in [4.78, 5) is 3.24. The zero-order valence-electron chi connectivity index (χ0n) is 12.3. The summed E-state index contributed by atoms with van der Waals surface area (Å²) < 4.78 is 0. The Labute approximate surface area is 128 Å². The van der Waals surface area contributed by atoms with E-state index in [1.165, 1.54) is 5.56 Å². The lowest BCUT2D eigenvalue weighted by Crippen LogP contribution is -2.10. The molecular formula is C17H17N5. The Morgan fingerprint density at radius 3 is 2.77 bits per heavy atom. The van der Waals surface area contributed by atoms with Crippen LogP contribution in [0.3, 0.4) is 0 Å². The van der Waals surface area contributed by atoms with E-state index in [2.05, 4.69) is 63.0 Å². The Morgan fingerprint density at radius 1 is 1.14 bits per heavy atom. The van der Waals surface area contributed by atoms with E-state index in [0.29, 0.717) is 0 Å². The average Bonchev–Trinajstić information content (AvgIpc) is 3.27. The topological polar surface area (TPSA) is 68.9 Å². The molecule has 1 aromatic carbocycles. The highest BCUT2D eigenvalue weighted by Gasteiger charge is 2.24. The highest BCUT2D eigenvalue weighted by molar-refractivity contribution is 6.05. The van der Waals surface area contributed by atoms with E-state index in [1.54, 1.807) is 0 Å². The number of aryl methyl sites for hydroxylation is 1. The second-order valence-electron chi connectivity index (χ2n) is 5.59. The van der Waals surface area contributed by atoms with Gasteiger partial charge in [0.2, 0.25) is 0 Å². The van der Waals surface area contributed by atoms with Gasteiger partial charge < -0.3 is 10.4 Å². The third-order valence-corrected chi connectivity index (χ3v) is 4.04. The molecule has 3 aromatic rings. The van der Waals surface area contributed by atoms with Gasteiger partial charge in [0.25, 0.3) is 0 Å². The molecule has 0 radical (unpaired) electrons. The fourth-order valence-electron chi connectivity index (χ4n) is 2.80. The van der Waals surface area contributed by atoms with Crippen molar-refractivity contribution in [2.75, 3.05) is 0 Å². The van der Waals surface area contributed by atoms with E-state index in [9.17, 15) is 0 Å². The van der Waals surface area contributed by atoms with E-state index in [0.717, 1.165) is 34.6 Å². The number of aromatic nitrogens is 3. The Kier molecular flexibility index (Phi) is 3.04. The van der Waals surface area contributed by atoms with Crippen LogP contribution in [0.25, 0.3) is 11.1 Å². The van der Waals surface area contributed by atoms with Crippen molar-refractivity contribution in [3.8, 4) is 11.1 Å². The highest BCUT2D eigenvalue weighted by atomic mass is 15.3. The molecular weight excluding hydrogens is 274 g/mol. The summed E-state index contributed by atoms with van der Waals surface area (Å²) in [6.45, 7) is 2.09.